The zero-order valence-corrected chi connectivity index (χ0v) is 21.1. The van der Waals surface area contributed by atoms with Crippen molar-refractivity contribution in [1.29, 1.82) is 0 Å². The number of piperazine rings is 1. The number of likely N-dealkylation sites (tertiary alicyclic amines) is 1. The predicted molar refractivity (Wildman–Crippen MR) is 137 cm³/mol. The van der Waals surface area contributed by atoms with Crippen LogP contribution >= 0.6 is 0 Å². The van der Waals surface area contributed by atoms with Crippen LogP contribution in [0.25, 0.3) is 0 Å². The average Bonchev–Trinajstić information content (AvgIpc) is 2.87. The molecule has 4 rings (SSSR count). The van der Waals surface area contributed by atoms with Gasteiger partial charge in [0.1, 0.15) is 11.4 Å². The summed E-state index contributed by atoms with van der Waals surface area (Å²) in [6.07, 6.45) is 1.77. The van der Waals surface area contributed by atoms with Crippen LogP contribution in [0.15, 0.2) is 54.6 Å². The maximum atomic E-state index is 12.7. The van der Waals surface area contributed by atoms with Gasteiger partial charge in [0.05, 0.1) is 6.61 Å². The van der Waals surface area contributed by atoms with Crippen LogP contribution in [0.4, 0.5) is 10.5 Å². The standard InChI is InChI=1S/C28H37N3O4/c1-28(2,3)35-27(33)31-15-7-8-22(20-31)21-34-25-13-11-24(12-14-25)29-16-18-30(19-17-29)26(32)23-9-5-4-6-10-23/h4-6,9-14,22H,7-8,15-21H2,1-3H3/t22-/m1/s1. The van der Waals surface area contributed by atoms with E-state index in [4.69, 9.17) is 9.47 Å². The molecule has 2 aliphatic rings. The number of carbonyl (C=O) groups excluding carboxylic acids is 2. The van der Waals surface area contributed by atoms with Crippen LogP contribution in [0.2, 0.25) is 0 Å². The van der Waals surface area contributed by atoms with Crippen LogP contribution < -0.4 is 9.64 Å². The number of amides is 2. The summed E-state index contributed by atoms with van der Waals surface area (Å²) in [5.74, 6) is 1.23. The number of anilines is 1. The summed E-state index contributed by atoms with van der Waals surface area (Å²) in [6.45, 7) is 10.7. The van der Waals surface area contributed by atoms with Gasteiger partial charge in [0, 0.05) is 56.4 Å². The Balaban J connectivity index is 1.23. The van der Waals surface area contributed by atoms with Crippen molar-refractivity contribution in [3.8, 4) is 5.75 Å². The van der Waals surface area contributed by atoms with Crippen molar-refractivity contribution < 1.29 is 19.1 Å². The van der Waals surface area contributed by atoms with Crippen LogP contribution in [0.1, 0.15) is 44.0 Å². The fourth-order valence-corrected chi connectivity index (χ4v) is 4.59. The molecule has 188 valence electrons. The number of benzene rings is 2. The summed E-state index contributed by atoms with van der Waals surface area (Å²) in [4.78, 5) is 31.1. The maximum Gasteiger partial charge on any atom is 0.410 e. The topological polar surface area (TPSA) is 62.3 Å². The lowest BCUT2D eigenvalue weighted by Crippen LogP contribution is -2.48. The lowest BCUT2D eigenvalue weighted by Gasteiger charge is -2.36. The van der Waals surface area contributed by atoms with Crippen LogP contribution in [0.3, 0.4) is 0 Å². The summed E-state index contributed by atoms with van der Waals surface area (Å²) >= 11 is 0. The van der Waals surface area contributed by atoms with Crippen molar-refractivity contribution >= 4 is 17.7 Å². The molecular weight excluding hydrogens is 442 g/mol. The number of piperidine rings is 1. The molecule has 2 amide bonds. The van der Waals surface area contributed by atoms with Gasteiger partial charge in [-0.25, -0.2) is 4.79 Å². The molecule has 0 radical (unpaired) electrons. The molecule has 2 aromatic carbocycles. The van der Waals surface area contributed by atoms with Crippen LogP contribution in [-0.2, 0) is 4.74 Å². The van der Waals surface area contributed by atoms with Crippen molar-refractivity contribution in [2.75, 3.05) is 50.8 Å². The minimum Gasteiger partial charge on any atom is -0.493 e. The number of hydrogen-bond acceptors (Lipinski definition) is 5. The summed E-state index contributed by atoms with van der Waals surface area (Å²) < 4.78 is 11.6. The second-order valence-electron chi connectivity index (χ2n) is 10.4. The van der Waals surface area contributed by atoms with Crippen LogP contribution in [0.5, 0.6) is 5.75 Å². The van der Waals surface area contributed by atoms with Crippen molar-refractivity contribution in [3.05, 3.63) is 60.2 Å². The van der Waals surface area contributed by atoms with Gasteiger partial charge >= 0.3 is 6.09 Å². The molecular formula is C28H37N3O4. The lowest BCUT2D eigenvalue weighted by atomic mass is 9.99. The Hall–Kier alpha value is -3.22. The Morgan fingerprint density at radius 3 is 2.23 bits per heavy atom. The van der Waals surface area contributed by atoms with E-state index in [0.717, 1.165) is 49.5 Å². The molecule has 0 spiro atoms. The van der Waals surface area contributed by atoms with Crippen molar-refractivity contribution in [1.82, 2.24) is 9.80 Å². The Bertz CT molecular complexity index is 980. The van der Waals surface area contributed by atoms with E-state index in [2.05, 4.69) is 17.0 Å². The minimum absolute atomic E-state index is 0.0990. The van der Waals surface area contributed by atoms with E-state index in [0.29, 0.717) is 32.2 Å². The summed E-state index contributed by atoms with van der Waals surface area (Å²) in [5, 5.41) is 0. The maximum absolute atomic E-state index is 12.7. The molecule has 0 bridgehead atoms. The Morgan fingerprint density at radius 2 is 1.57 bits per heavy atom. The SMILES string of the molecule is CC(C)(C)OC(=O)N1CCC[C@@H](COc2ccc(N3CCN(C(=O)c4ccccc4)CC3)cc2)C1. The fraction of sp³-hybridized carbons (Fsp3) is 0.500. The molecule has 0 N–H and O–H groups in total. The van der Waals surface area contributed by atoms with Crippen molar-refractivity contribution in [3.63, 3.8) is 0 Å². The molecule has 7 nitrogen and oxygen atoms in total. The average molecular weight is 480 g/mol. The smallest absolute Gasteiger partial charge is 0.410 e. The highest BCUT2D eigenvalue weighted by atomic mass is 16.6. The minimum atomic E-state index is -0.480. The second kappa shape index (κ2) is 11.0. The highest BCUT2D eigenvalue weighted by Crippen LogP contribution is 2.24. The molecule has 0 unspecified atom stereocenters. The molecule has 2 fully saturated rings. The third-order valence-electron chi connectivity index (χ3n) is 6.45. The molecule has 0 aliphatic carbocycles. The third-order valence-corrected chi connectivity index (χ3v) is 6.45. The van der Waals surface area contributed by atoms with Crippen molar-refractivity contribution in [2.24, 2.45) is 5.92 Å². The molecule has 35 heavy (non-hydrogen) atoms. The van der Waals surface area contributed by atoms with E-state index in [1.54, 1.807) is 4.90 Å². The largest absolute Gasteiger partial charge is 0.493 e. The van der Waals surface area contributed by atoms with Gasteiger partial charge < -0.3 is 24.2 Å². The van der Waals surface area contributed by atoms with E-state index in [1.165, 1.54) is 0 Å². The van der Waals surface area contributed by atoms with Crippen LogP contribution in [0, 0.1) is 5.92 Å². The van der Waals surface area contributed by atoms with E-state index in [-0.39, 0.29) is 12.0 Å². The Labute approximate surface area is 208 Å². The molecule has 0 saturated carbocycles. The van der Waals surface area contributed by atoms with Gasteiger partial charge in [-0.15, -0.1) is 0 Å². The summed E-state index contributed by atoms with van der Waals surface area (Å²) in [6, 6.07) is 17.6. The molecule has 2 heterocycles. The quantitative estimate of drug-likeness (QED) is 0.623. The highest BCUT2D eigenvalue weighted by molar-refractivity contribution is 5.94. The number of ether oxygens (including phenoxy) is 2. The van der Waals surface area contributed by atoms with Gasteiger partial charge in [0.25, 0.3) is 5.91 Å². The first kappa shape index (κ1) is 24.9. The van der Waals surface area contributed by atoms with Gasteiger partial charge in [-0.1, -0.05) is 18.2 Å². The second-order valence-corrected chi connectivity index (χ2v) is 10.4. The highest BCUT2D eigenvalue weighted by Gasteiger charge is 2.28. The van der Waals surface area contributed by atoms with E-state index >= 15 is 0 Å². The Morgan fingerprint density at radius 1 is 0.886 bits per heavy atom. The molecule has 1 atom stereocenters. The molecule has 2 aliphatic heterocycles. The number of rotatable bonds is 5. The van der Waals surface area contributed by atoms with Gasteiger partial charge in [-0.2, -0.15) is 0 Å². The molecule has 2 saturated heterocycles. The van der Waals surface area contributed by atoms with Crippen LogP contribution in [-0.4, -0.2) is 73.3 Å². The number of carbonyl (C=O) groups is 2. The normalized spacial score (nSPS) is 18.8. The molecule has 7 heteroatoms. The summed E-state index contributed by atoms with van der Waals surface area (Å²) in [5.41, 5.74) is 1.40. The van der Waals surface area contributed by atoms with Crippen molar-refractivity contribution in [2.45, 2.75) is 39.2 Å². The lowest BCUT2D eigenvalue weighted by molar-refractivity contribution is 0.0139. The molecule has 0 aromatic heterocycles. The first-order valence-electron chi connectivity index (χ1n) is 12.6. The van der Waals surface area contributed by atoms with Gasteiger partial charge in [-0.3, -0.25) is 4.79 Å². The fourth-order valence-electron chi connectivity index (χ4n) is 4.59. The van der Waals surface area contributed by atoms with Gasteiger partial charge in [0.15, 0.2) is 0 Å². The number of nitrogens with zero attached hydrogens (tertiary/aromatic N) is 3. The van der Waals surface area contributed by atoms with Gasteiger partial charge in [0.2, 0.25) is 0 Å². The third kappa shape index (κ3) is 6.90. The molecule has 2 aromatic rings. The number of hydrogen-bond donors (Lipinski definition) is 0. The zero-order chi connectivity index (χ0) is 24.8. The first-order valence-corrected chi connectivity index (χ1v) is 12.6. The zero-order valence-electron chi connectivity index (χ0n) is 21.1. The predicted octanol–water partition coefficient (Wildman–Crippen LogP) is 4.67. The summed E-state index contributed by atoms with van der Waals surface area (Å²) in [7, 11) is 0. The Kier molecular flexibility index (Phi) is 7.83. The van der Waals surface area contributed by atoms with Gasteiger partial charge in [-0.05, 0) is 70.0 Å². The van der Waals surface area contributed by atoms with E-state index in [9.17, 15) is 9.59 Å². The first-order chi connectivity index (χ1) is 16.8. The van der Waals surface area contributed by atoms with E-state index < -0.39 is 5.60 Å². The van der Waals surface area contributed by atoms with E-state index in [1.807, 2.05) is 68.1 Å². The monoisotopic (exact) mass is 479 g/mol.